The first-order valence-electron chi connectivity index (χ1n) is 9.83. The lowest BCUT2D eigenvalue weighted by Crippen LogP contribution is -2.54. The zero-order valence-electron chi connectivity index (χ0n) is 16.3. The molecule has 0 bridgehead atoms. The number of rotatable bonds is 3. The van der Waals surface area contributed by atoms with Crippen molar-refractivity contribution in [2.45, 2.75) is 71.1 Å². The minimum absolute atomic E-state index is 0.0815. The van der Waals surface area contributed by atoms with Crippen LogP contribution < -0.4 is 0 Å². The Morgan fingerprint density at radius 3 is 2.52 bits per heavy atom. The molecule has 0 amide bonds. The van der Waals surface area contributed by atoms with Gasteiger partial charge in [0.25, 0.3) is 0 Å². The Balaban J connectivity index is 1.77. The van der Waals surface area contributed by atoms with Gasteiger partial charge in [0.05, 0.1) is 24.7 Å². The number of ketones is 1. The van der Waals surface area contributed by atoms with Crippen LogP contribution in [0.4, 0.5) is 0 Å². The van der Waals surface area contributed by atoms with E-state index < -0.39 is 14.1 Å². The molecule has 0 aromatic rings. The van der Waals surface area contributed by atoms with Gasteiger partial charge in [-0.25, -0.2) is 0 Å². The molecule has 4 rings (SSSR count). The highest BCUT2D eigenvalue weighted by Gasteiger charge is 2.70. The van der Waals surface area contributed by atoms with E-state index in [1.165, 1.54) is 5.57 Å². The standard InChI is InChI=1S/C20H32O4Si/c1-13-10-15-12-17-16(6-7-19(17)22-8-9-23-19)20(15,14(2)21)18(11-13)24-25(3,4)5/h11,15-18H,6-10,12H2,1-5H3/t15-,16+,17+,18?,20+/m1/s1. The zero-order chi connectivity index (χ0) is 18.0. The second-order valence-corrected chi connectivity index (χ2v) is 14.0. The van der Waals surface area contributed by atoms with E-state index in [1.54, 1.807) is 6.92 Å². The van der Waals surface area contributed by atoms with Crippen molar-refractivity contribution >= 4 is 14.1 Å². The third-order valence-electron chi connectivity index (χ3n) is 7.02. The lowest BCUT2D eigenvalue weighted by molar-refractivity contribution is -0.185. The van der Waals surface area contributed by atoms with Crippen LogP contribution in [0.2, 0.25) is 19.6 Å². The van der Waals surface area contributed by atoms with Gasteiger partial charge in [0.1, 0.15) is 5.78 Å². The van der Waals surface area contributed by atoms with Crippen molar-refractivity contribution in [1.29, 1.82) is 0 Å². The van der Waals surface area contributed by atoms with Gasteiger partial charge >= 0.3 is 0 Å². The molecule has 4 aliphatic rings. The summed E-state index contributed by atoms with van der Waals surface area (Å²) in [4.78, 5) is 13.2. The van der Waals surface area contributed by atoms with Gasteiger partial charge in [-0.1, -0.05) is 11.6 Å². The van der Waals surface area contributed by atoms with E-state index in [4.69, 9.17) is 13.9 Å². The van der Waals surface area contributed by atoms with Crippen LogP contribution in [0.3, 0.4) is 0 Å². The van der Waals surface area contributed by atoms with Gasteiger partial charge in [-0.3, -0.25) is 4.79 Å². The smallest absolute Gasteiger partial charge is 0.184 e. The predicted molar refractivity (Wildman–Crippen MR) is 98.7 cm³/mol. The molecule has 25 heavy (non-hydrogen) atoms. The molecule has 5 heteroatoms. The lowest BCUT2D eigenvalue weighted by Gasteiger charge is -2.48. The molecule has 5 atom stereocenters. The summed E-state index contributed by atoms with van der Waals surface area (Å²) >= 11 is 0. The van der Waals surface area contributed by atoms with E-state index in [0.717, 1.165) is 25.7 Å². The van der Waals surface area contributed by atoms with Crippen molar-refractivity contribution < 1.29 is 18.7 Å². The van der Waals surface area contributed by atoms with Crippen molar-refractivity contribution in [3.8, 4) is 0 Å². The van der Waals surface area contributed by atoms with Gasteiger partial charge < -0.3 is 13.9 Å². The second kappa shape index (κ2) is 5.75. The second-order valence-electron chi connectivity index (χ2n) is 9.55. The Morgan fingerprint density at radius 2 is 1.92 bits per heavy atom. The molecule has 0 aromatic heterocycles. The highest BCUT2D eigenvalue weighted by Crippen LogP contribution is 2.67. The third kappa shape index (κ3) is 2.53. The highest BCUT2D eigenvalue weighted by molar-refractivity contribution is 6.69. The van der Waals surface area contributed by atoms with Crippen LogP contribution in [0.15, 0.2) is 11.6 Å². The molecule has 3 fully saturated rings. The minimum Gasteiger partial charge on any atom is -0.410 e. The van der Waals surface area contributed by atoms with E-state index >= 15 is 0 Å². The van der Waals surface area contributed by atoms with Crippen LogP contribution in [0.5, 0.6) is 0 Å². The monoisotopic (exact) mass is 364 g/mol. The first-order valence-corrected chi connectivity index (χ1v) is 13.2. The van der Waals surface area contributed by atoms with Gasteiger partial charge in [-0.2, -0.15) is 0 Å². The van der Waals surface area contributed by atoms with Crippen LogP contribution in [-0.4, -0.2) is 39.2 Å². The maximum Gasteiger partial charge on any atom is 0.184 e. The average Bonchev–Trinajstić information content (AvgIpc) is 3.14. The van der Waals surface area contributed by atoms with Crippen LogP contribution >= 0.6 is 0 Å². The Labute approximate surface area is 152 Å². The fraction of sp³-hybridized carbons (Fsp3) is 0.850. The maximum atomic E-state index is 13.2. The molecule has 140 valence electrons. The molecule has 1 heterocycles. The Kier molecular flexibility index (Phi) is 4.12. The van der Waals surface area contributed by atoms with E-state index in [9.17, 15) is 4.79 Å². The SMILES string of the molecule is CC(=O)[C@]12C(O[Si](C)(C)C)C=C(C)C[C@@H]1C[C@H]1[C@@H]2CCC12OCCO2. The van der Waals surface area contributed by atoms with Crippen molar-refractivity contribution in [2.75, 3.05) is 13.2 Å². The summed E-state index contributed by atoms with van der Waals surface area (Å²) in [6.45, 7) is 12.0. The molecule has 1 aliphatic heterocycles. The Hall–Kier alpha value is -0.493. The summed E-state index contributed by atoms with van der Waals surface area (Å²) < 4.78 is 18.9. The van der Waals surface area contributed by atoms with Crippen molar-refractivity contribution in [2.24, 2.45) is 23.2 Å². The van der Waals surface area contributed by atoms with Crippen LogP contribution in [0.25, 0.3) is 0 Å². The van der Waals surface area contributed by atoms with Crippen LogP contribution in [0, 0.1) is 23.2 Å². The fourth-order valence-corrected chi connectivity index (χ4v) is 7.43. The van der Waals surface area contributed by atoms with Crippen molar-refractivity contribution in [3.63, 3.8) is 0 Å². The van der Waals surface area contributed by atoms with E-state index in [2.05, 4.69) is 32.6 Å². The zero-order valence-corrected chi connectivity index (χ0v) is 17.3. The van der Waals surface area contributed by atoms with E-state index in [1.807, 2.05) is 0 Å². The van der Waals surface area contributed by atoms with Gasteiger partial charge in [-0.15, -0.1) is 0 Å². The molecule has 3 aliphatic carbocycles. The minimum atomic E-state index is -1.77. The van der Waals surface area contributed by atoms with Crippen LogP contribution in [0.1, 0.15) is 39.5 Å². The summed E-state index contributed by atoms with van der Waals surface area (Å²) in [6, 6.07) is 0. The molecular weight excluding hydrogens is 332 g/mol. The summed E-state index contributed by atoms with van der Waals surface area (Å²) in [7, 11) is -1.77. The number of hydrogen-bond donors (Lipinski definition) is 0. The number of hydrogen-bond acceptors (Lipinski definition) is 4. The fourth-order valence-electron chi connectivity index (χ4n) is 6.41. The Bertz CT molecular complexity index is 601. The highest BCUT2D eigenvalue weighted by atomic mass is 28.4. The summed E-state index contributed by atoms with van der Waals surface area (Å²) in [6.07, 6.45) is 6.16. The molecule has 1 spiro atoms. The Morgan fingerprint density at radius 1 is 1.24 bits per heavy atom. The normalized spacial score (nSPS) is 42.4. The average molecular weight is 365 g/mol. The molecule has 0 radical (unpaired) electrons. The molecule has 2 saturated carbocycles. The molecular formula is C20H32O4Si. The number of ether oxygens (including phenoxy) is 2. The third-order valence-corrected chi connectivity index (χ3v) is 7.98. The maximum absolute atomic E-state index is 13.2. The molecule has 4 nitrogen and oxygen atoms in total. The summed E-state index contributed by atoms with van der Waals surface area (Å²) in [5, 5.41) is 0. The largest absolute Gasteiger partial charge is 0.410 e. The lowest BCUT2D eigenvalue weighted by atomic mass is 9.60. The quantitative estimate of drug-likeness (QED) is 0.562. The van der Waals surface area contributed by atoms with Gasteiger partial charge in [0.15, 0.2) is 14.1 Å². The van der Waals surface area contributed by atoms with Gasteiger partial charge in [0.2, 0.25) is 0 Å². The number of Topliss-reactive ketones (excluding diaryl/α,β-unsaturated/α-hetero) is 1. The van der Waals surface area contributed by atoms with Crippen molar-refractivity contribution in [1.82, 2.24) is 0 Å². The molecule has 1 saturated heterocycles. The summed E-state index contributed by atoms with van der Waals surface area (Å²) in [5.41, 5.74) is 0.982. The molecule has 0 aromatic carbocycles. The molecule has 1 unspecified atom stereocenters. The number of allylic oxidation sites excluding steroid dienone is 1. The van der Waals surface area contributed by atoms with Gasteiger partial charge in [0, 0.05) is 12.3 Å². The topological polar surface area (TPSA) is 44.8 Å². The van der Waals surface area contributed by atoms with E-state index in [0.29, 0.717) is 36.8 Å². The summed E-state index contributed by atoms with van der Waals surface area (Å²) in [5.74, 6) is 0.889. The molecule has 0 N–H and O–H groups in total. The first kappa shape index (κ1) is 17.9. The van der Waals surface area contributed by atoms with E-state index in [-0.39, 0.29) is 11.5 Å². The first-order chi connectivity index (χ1) is 11.7. The number of carbonyl (C=O) groups is 1. The number of fused-ring (bicyclic) bond motifs is 4. The van der Waals surface area contributed by atoms with Crippen molar-refractivity contribution in [3.05, 3.63) is 11.6 Å². The predicted octanol–water partition coefficient (Wildman–Crippen LogP) is 3.92. The van der Waals surface area contributed by atoms with Gasteiger partial charge in [-0.05, 0) is 64.6 Å². The number of carbonyl (C=O) groups excluding carboxylic acids is 1. The van der Waals surface area contributed by atoms with Crippen LogP contribution in [-0.2, 0) is 18.7 Å².